The molecule has 2 heterocycles. The average Bonchev–Trinajstić information content (AvgIpc) is 2.92. The molecule has 0 aromatic carbocycles. The van der Waals surface area contributed by atoms with Gasteiger partial charge in [-0.1, -0.05) is 6.07 Å². The van der Waals surface area contributed by atoms with Gasteiger partial charge in [-0.15, -0.1) is 11.3 Å². The van der Waals surface area contributed by atoms with E-state index in [9.17, 15) is 4.79 Å². The summed E-state index contributed by atoms with van der Waals surface area (Å²) in [7, 11) is 0. The fraction of sp³-hybridized carbons (Fsp3) is 0.500. The molecule has 19 heavy (non-hydrogen) atoms. The Morgan fingerprint density at radius 1 is 1.53 bits per heavy atom. The fourth-order valence-corrected chi connectivity index (χ4v) is 2.66. The quantitative estimate of drug-likeness (QED) is 0.833. The standard InChI is InChI=1S/C14H20N2O2S/c1-12(11-13-3-2-10-19-13)14(17)15-4-5-16-6-8-18-9-7-16/h2-3,10-11H,4-9H2,1H3,(H,15,17)/b12-11+. The summed E-state index contributed by atoms with van der Waals surface area (Å²) in [6, 6.07) is 4.00. The van der Waals surface area contributed by atoms with Crippen molar-refractivity contribution >= 4 is 23.3 Å². The summed E-state index contributed by atoms with van der Waals surface area (Å²) in [5.41, 5.74) is 0.754. The zero-order valence-corrected chi connectivity index (χ0v) is 12.0. The van der Waals surface area contributed by atoms with Crippen molar-refractivity contribution in [3.05, 3.63) is 28.0 Å². The molecule has 0 aliphatic carbocycles. The van der Waals surface area contributed by atoms with Crippen LogP contribution in [0.4, 0.5) is 0 Å². The number of carbonyl (C=O) groups excluding carboxylic acids is 1. The molecule has 104 valence electrons. The van der Waals surface area contributed by atoms with Crippen molar-refractivity contribution in [3.8, 4) is 0 Å². The first kappa shape index (κ1) is 14.2. The van der Waals surface area contributed by atoms with Crippen molar-refractivity contribution in [1.29, 1.82) is 0 Å². The minimum absolute atomic E-state index is 0.0154. The fourth-order valence-electron chi connectivity index (χ4n) is 1.94. The summed E-state index contributed by atoms with van der Waals surface area (Å²) < 4.78 is 5.29. The lowest BCUT2D eigenvalue weighted by Gasteiger charge is -2.26. The van der Waals surface area contributed by atoms with E-state index < -0.39 is 0 Å². The van der Waals surface area contributed by atoms with Crippen molar-refractivity contribution in [2.24, 2.45) is 0 Å². The van der Waals surface area contributed by atoms with Gasteiger partial charge in [0.25, 0.3) is 0 Å². The molecule has 5 heteroatoms. The maximum atomic E-state index is 11.9. The molecule has 0 saturated carbocycles. The minimum Gasteiger partial charge on any atom is -0.379 e. The molecule has 1 saturated heterocycles. The predicted octanol–water partition coefficient (Wildman–Crippen LogP) is 1.60. The molecule has 1 N–H and O–H groups in total. The molecule has 0 bridgehead atoms. The lowest BCUT2D eigenvalue weighted by Crippen LogP contribution is -2.41. The van der Waals surface area contributed by atoms with Gasteiger partial charge in [-0.2, -0.15) is 0 Å². The molecule has 0 spiro atoms. The molecule has 1 aliphatic rings. The van der Waals surface area contributed by atoms with Gasteiger partial charge in [-0.3, -0.25) is 9.69 Å². The lowest BCUT2D eigenvalue weighted by molar-refractivity contribution is -0.117. The zero-order valence-electron chi connectivity index (χ0n) is 11.2. The van der Waals surface area contributed by atoms with E-state index in [-0.39, 0.29) is 5.91 Å². The molecule has 1 amide bonds. The average molecular weight is 280 g/mol. The monoisotopic (exact) mass is 280 g/mol. The van der Waals surface area contributed by atoms with Crippen LogP contribution in [0, 0.1) is 0 Å². The smallest absolute Gasteiger partial charge is 0.247 e. The predicted molar refractivity (Wildman–Crippen MR) is 78.2 cm³/mol. The Morgan fingerprint density at radius 2 is 2.32 bits per heavy atom. The Balaban J connectivity index is 1.71. The van der Waals surface area contributed by atoms with Gasteiger partial charge in [-0.25, -0.2) is 0 Å². The van der Waals surface area contributed by atoms with Crippen LogP contribution in [0.25, 0.3) is 6.08 Å². The normalized spacial score (nSPS) is 17.4. The highest BCUT2D eigenvalue weighted by atomic mass is 32.1. The second-order valence-electron chi connectivity index (χ2n) is 4.55. The van der Waals surface area contributed by atoms with E-state index >= 15 is 0 Å². The summed E-state index contributed by atoms with van der Waals surface area (Å²) in [6.07, 6.45) is 1.93. The first-order valence-corrected chi connectivity index (χ1v) is 7.44. The van der Waals surface area contributed by atoms with Gasteiger partial charge >= 0.3 is 0 Å². The van der Waals surface area contributed by atoms with Gasteiger partial charge in [0.15, 0.2) is 0 Å². The molecule has 1 fully saturated rings. The maximum Gasteiger partial charge on any atom is 0.247 e. The lowest BCUT2D eigenvalue weighted by atomic mass is 10.2. The Labute approximate surface area is 118 Å². The largest absolute Gasteiger partial charge is 0.379 e. The SMILES string of the molecule is C/C(=C\c1cccs1)C(=O)NCCN1CCOCC1. The van der Waals surface area contributed by atoms with E-state index in [0.29, 0.717) is 6.54 Å². The molecule has 1 aliphatic heterocycles. The number of morpholine rings is 1. The molecule has 1 aromatic rings. The number of nitrogens with one attached hydrogen (secondary N) is 1. The third kappa shape index (κ3) is 4.78. The highest BCUT2D eigenvalue weighted by Gasteiger charge is 2.10. The number of carbonyl (C=O) groups is 1. The highest BCUT2D eigenvalue weighted by Crippen LogP contribution is 2.13. The number of rotatable bonds is 5. The van der Waals surface area contributed by atoms with Gasteiger partial charge in [0.05, 0.1) is 13.2 Å². The minimum atomic E-state index is 0.0154. The first-order valence-electron chi connectivity index (χ1n) is 6.56. The van der Waals surface area contributed by atoms with E-state index in [2.05, 4.69) is 10.2 Å². The van der Waals surface area contributed by atoms with E-state index in [0.717, 1.165) is 43.3 Å². The van der Waals surface area contributed by atoms with Gasteiger partial charge in [0, 0.05) is 36.6 Å². The summed E-state index contributed by atoms with van der Waals surface area (Å²) in [4.78, 5) is 15.3. The topological polar surface area (TPSA) is 41.6 Å². The summed E-state index contributed by atoms with van der Waals surface area (Å²) in [5.74, 6) is 0.0154. The molecule has 2 rings (SSSR count). The van der Waals surface area contributed by atoms with Gasteiger partial charge < -0.3 is 10.1 Å². The van der Waals surface area contributed by atoms with Crippen molar-refractivity contribution < 1.29 is 9.53 Å². The van der Waals surface area contributed by atoms with Crippen molar-refractivity contribution in [2.45, 2.75) is 6.92 Å². The van der Waals surface area contributed by atoms with Crippen LogP contribution in [-0.2, 0) is 9.53 Å². The van der Waals surface area contributed by atoms with Gasteiger partial charge in [0.2, 0.25) is 5.91 Å². The van der Waals surface area contributed by atoms with E-state index in [4.69, 9.17) is 4.74 Å². The summed E-state index contributed by atoms with van der Waals surface area (Å²) >= 11 is 1.64. The maximum absolute atomic E-state index is 11.9. The Morgan fingerprint density at radius 3 is 3.00 bits per heavy atom. The van der Waals surface area contributed by atoms with Crippen molar-refractivity contribution in [2.75, 3.05) is 39.4 Å². The Kier molecular flexibility index (Phi) is 5.57. The van der Waals surface area contributed by atoms with Crippen LogP contribution in [0.5, 0.6) is 0 Å². The second-order valence-corrected chi connectivity index (χ2v) is 5.53. The number of hydrogen-bond donors (Lipinski definition) is 1. The van der Waals surface area contributed by atoms with Crippen LogP contribution in [0.15, 0.2) is 23.1 Å². The molecule has 0 atom stereocenters. The number of hydrogen-bond acceptors (Lipinski definition) is 4. The second kappa shape index (κ2) is 7.43. The number of ether oxygens (including phenoxy) is 1. The molecular formula is C14H20N2O2S. The van der Waals surface area contributed by atoms with Crippen LogP contribution < -0.4 is 5.32 Å². The van der Waals surface area contributed by atoms with Crippen LogP contribution in [0.3, 0.4) is 0 Å². The molecule has 4 nitrogen and oxygen atoms in total. The third-order valence-electron chi connectivity index (χ3n) is 3.08. The zero-order chi connectivity index (χ0) is 13.5. The molecule has 0 radical (unpaired) electrons. The number of thiophene rings is 1. The highest BCUT2D eigenvalue weighted by molar-refractivity contribution is 7.10. The van der Waals surface area contributed by atoms with Gasteiger partial charge in [-0.05, 0) is 24.4 Å². The summed E-state index contributed by atoms with van der Waals surface area (Å²) in [5, 5.41) is 4.97. The third-order valence-corrected chi connectivity index (χ3v) is 3.90. The van der Waals surface area contributed by atoms with Crippen molar-refractivity contribution in [1.82, 2.24) is 10.2 Å². The number of amides is 1. The number of nitrogens with zero attached hydrogens (tertiary/aromatic N) is 1. The Hall–Kier alpha value is -1.17. The Bertz CT molecular complexity index is 423. The van der Waals surface area contributed by atoms with Crippen LogP contribution in [0.1, 0.15) is 11.8 Å². The van der Waals surface area contributed by atoms with Crippen LogP contribution >= 0.6 is 11.3 Å². The van der Waals surface area contributed by atoms with E-state index in [1.807, 2.05) is 30.5 Å². The van der Waals surface area contributed by atoms with Crippen LogP contribution in [0.2, 0.25) is 0 Å². The first-order chi connectivity index (χ1) is 9.25. The molecule has 1 aromatic heterocycles. The molecular weight excluding hydrogens is 260 g/mol. The van der Waals surface area contributed by atoms with Crippen molar-refractivity contribution in [3.63, 3.8) is 0 Å². The molecule has 0 unspecified atom stereocenters. The van der Waals surface area contributed by atoms with E-state index in [1.54, 1.807) is 11.3 Å². The van der Waals surface area contributed by atoms with E-state index in [1.165, 1.54) is 0 Å². The van der Waals surface area contributed by atoms with Gasteiger partial charge in [0.1, 0.15) is 0 Å². The summed E-state index contributed by atoms with van der Waals surface area (Å²) in [6.45, 7) is 6.94. The van der Waals surface area contributed by atoms with Crippen LogP contribution in [-0.4, -0.2) is 50.2 Å².